The summed E-state index contributed by atoms with van der Waals surface area (Å²) in [4.78, 5) is 0. The van der Waals surface area contributed by atoms with Gasteiger partial charge in [-0.1, -0.05) is 13.8 Å². The van der Waals surface area contributed by atoms with Gasteiger partial charge in [-0.25, -0.2) is 0 Å². The number of aryl methyl sites for hydroxylation is 1. The van der Waals surface area contributed by atoms with Crippen LogP contribution < -0.4 is 5.32 Å². The summed E-state index contributed by atoms with van der Waals surface area (Å²) in [5.41, 5.74) is 3.36. The van der Waals surface area contributed by atoms with Gasteiger partial charge in [-0.15, -0.1) is 0 Å². The molecule has 0 fully saturated rings. The highest BCUT2D eigenvalue weighted by Crippen LogP contribution is 2.23. The predicted octanol–water partition coefficient (Wildman–Crippen LogP) is 1.88. The molecule has 1 aromatic rings. The summed E-state index contributed by atoms with van der Waals surface area (Å²) >= 11 is 0. The van der Waals surface area contributed by atoms with Crippen molar-refractivity contribution in [3.05, 3.63) is 11.4 Å². The summed E-state index contributed by atoms with van der Waals surface area (Å²) < 4.78 is 0. The number of H-pyrrole nitrogens is 1. The Morgan fingerprint density at radius 3 is 2.45 bits per heavy atom. The summed E-state index contributed by atoms with van der Waals surface area (Å²) in [6.07, 6.45) is 0. The first-order valence-electron chi connectivity index (χ1n) is 3.89. The summed E-state index contributed by atoms with van der Waals surface area (Å²) in [6.45, 7) is 6.29. The molecule has 1 rings (SSSR count). The Bertz CT molecular complexity index is 237. The average Bonchev–Trinajstić information content (AvgIpc) is 2.30. The molecule has 0 radical (unpaired) electrons. The highest BCUT2D eigenvalue weighted by atomic mass is 15.1. The zero-order chi connectivity index (χ0) is 8.43. The zero-order valence-electron chi connectivity index (χ0n) is 7.52. The molecular weight excluding hydrogens is 138 g/mol. The molecule has 0 saturated heterocycles. The van der Waals surface area contributed by atoms with Gasteiger partial charge < -0.3 is 5.32 Å². The van der Waals surface area contributed by atoms with E-state index in [4.69, 9.17) is 0 Å². The van der Waals surface area contributed by atoms with Crippen molar-refractivity contribution in [3.63, 3.8) is 0 Å². The second kappa shape index (κ2) is 2.95. The van der Waals surface area contributed by atoms with E-state index in [1.54, 1.807) is 0 Å². The van der Waals surface area contributed by atoms with Crippen molar-refractivity contribution in [1.29, 1.82) is 0 Å². The third-order valence-electron chi connectivity index (χ3n) is 1.77. The maximum absolute atomic E-state index is 4.20. The molecule has 11 heavy (non-hydrogen) atoms. The molecule has 2 N–H and O–H groups in total. The molecule has 0 aliphatic rings. The van der Waals surface area contributed by atoms with Crippen LogP contribution in [0, 0.1) is 6.92 Å². The van der Waals surface area contributed by atoms with Crippen LogP contribution in [-0.2, 0) is 0 Å². The Kier molecular flexibility index (Phi) is 2.17. The lowest BCUT2D eigenvalue weighted by Gasteiger charge is -2.04. The largest absolute Gasteiger partial charge is 0.385 e. The highest BCUT2D eigenvalue weighted by Gasteiger charge is 2.10. The molecule has 62 valence electrons. The normalized spacial score (nSPS) is 10.6. The summed E-state index contributed by atoms with van der Waals surface area (Å²) in [5, 5.41) is 10.3. The molecule has 0 aliphatic carbocycles. The lowest BCUT2D eigenvalue weighted by atomic mass is 10.1. The summed E-state index contributed by atoms with van der Waals surface area (Å²) in [7, 11) is 1.92. The van der Waals surface area contributed by atoms with Gasteiger partial charge >= 0.3 is 0 Å². The van der Waals surface area contributed by atoms with E-state index in [9.17, 15) is 0 Å². The van der Waals surface area contributed by atoms with Crippen molar-refractivity contribution in [2.24, 2.45) is 0 Å². The molecule has 0 unspecified atom stereocenters. The number of aromatic nitrogens is 2. The number of nitrogens with zero attached hydrogens (tertiary/aromatic N) is 1. The minimum Gasteiger partial charge on any atom is -0.385 e. The first-order chi connectivity index (χ1) is 5.16. The summed E-state index contributed by atoms with van der Waals surface area (Å²) in [6, 6.07) is 0. The monoisotopic (exact) mass is 153 g/mol. The number of hydrogen-bond donors (Lipinski definition) is 2. The molecule has 0 saturated carbocycles. The van der Waals surface area contributed by atoms with Gasteiger partial charge in [0, 0.05) is 7.05 Å². The van der Waals surface area contributed by atoms with Crippen LogP contribution in [0.2, 0.25) is 0 Å². The lowest BCUT2D eigenvalue weighted by Crippen LogP contribution is -1.95. The van der Waals surface area contributed by atoms with Gasteiger partial charge in [0.25, 0.3) is 0 Å². The molecule has 0 aromatic carbocycles. The first kappa shape index (κ1) is 8.11. The van der Waals surface area contributed by atoms with Crippen LogP contribution in [0.4, 0.5) is 5.69 Å². The molecule has 0 aliphatic heterocycles. The van der Waals surface area contributed by atoms with Gasteiger partial charge in [0.15, 0.2) is 0 Å². The van der Waals surface area contributed by atoms with E-state index < -0.39 is 0 Å². The molecule has 3 heteroatoms. The van der Waals surface area contributed by atoms with E-state index >= 15 is 0 Å². The van der Waals surface area contributed by atoms with E-state index in [2.05, 4.69) is 29.4 Å². The van der Waals surface area contributed by atoms with E-state index in [1.807, 2.05) is 14.0 Å². The smallest absolute Gasteiger partial charge is 0.0881 e. The standard InChI is InChI=1S/C8H15N3/c1-5(2)7-8(9-4)6(3)10-11-7/h5,9H,1-4H3,(H,10,11). The number of nitrogens with one attached hydrogen (secondary N) is 2. The summed E-state index contributed by atoms with van der Waals surface area (Å²) in [5.74, 6) is 0.474. The SMILES string of the molecule is CNc1c(C(C)C)n[nH]c1C. The van der Waals surface area contributed by atoms with E-state index in [0.29, 0.717) is 5.92 Å². The van der Waals surface area contributed by atoms with E-state index in [-0.39, 0.29) is 0 Å². The Morgan fingerprint density at radius 2 is 2.09 bits per heavy atom. The quantitative estimate of drug-likeness (QED) is 0.681. The molecule has 0 atom stereocenters. The van der Waals surface area contributed by atoms with Crippen LogP contribution in [-0.4, -0.2) is 17.2 Å². The van der Waals surface area contributed by atoms with Crippen molar-refractivity contribution >= 4 is 5.69 Å². The van der Waals surface area contributed by atoms with Gasteiger partial charge in [0.2, 0.25) is 0 Å². The topological polar surface area (TPSA) is 40.7 Å². The Hall–Kier alpha value is -0.990. The molecular formula is C8H15N3. The number of rotatable bonds is 2. The second-order valence-electron chi connectivity index (χ2n) is 3.01. The fourth-order valence-corrected chi connectivity index (χ4v) is 1.18. The molecule has 1 heterocycles. The van der Waals surface area contributed by atoms with Crippen LogP contribution >= 0.6 is 0 Å². The van der Waals surface area contributed by atoms with Crippen LogP contribution in [0.25, 0.3) is 0 Å². The molecule has 0 amide bonds. The van der Waals surface area contributed by atoms with Crippen molar-refractivity contribution < 1.29 is 0 Å². The van der Waals surface area contributed by atoms with E-state index in [0.717, 1.165) is 17.1 Å². The molecule has 1 aromatic heterocycles. The second-order valence-corrected chi connectivity index (χ2v) is 3.01. The highest BCUT2D eigenvalue weighted by molar-refractivity contribution is 5.52. The maximum atomic E-state index is 4.20. The van der Waals surface area contributed by atoms with Gasteiger partial charge in [-0.3, -0.25) is 5.10 Å². The molecule has 0 bridgehead atoms. The maximum Gasteiger partial charge on any atom is 0.0881 e. The molecule has 0 spiro atoms. The molecule has 3 nitrogen and oxygen atoms in total. The van der Waals surface area contributed by atoms with Crippen LogP contribution in [0.1, 0.15) is 31.2 Å². The predicted molar refractivity (Wildman–Crippen MR) is 47.0 cm³/mol. The minimum absolute atomic E-state index is 0.474. The van der Waals surface area contributed by atoms with Crippen molar-refractivity contribution in [2.75, 3.05) is 12.4 Å². The average molecular weight is 153 g/mol. The Labute approximate surface area is 67.2 Å². The van der Waals surface area contributed by atoms with Gasteiger partial charge in [-0.2, -0.15) is 5.10 Å². The fraction of sp³-hybridized carbons (Fsp3) is 0.625. The number of hydrogen-bond acceptors (Lipinski definition) is 2. The van der Waals surface area contributed by atoms with Crippen molar-refractivity contribution in [1.82, 2.24) is 10.2 Å². The van der Waals surface area contributed by atoms with E-state index in [1.165, 1.54) is 0 Å². The van der Waals surface area contributed by atoms with Crippen LogP contribution in [0.5, 0.6) is 0 Å². The van der Waals surface area contributed by atoms with Gasteiger partial charge in [0.05, 0.1) is 17.1 Å². The number of anilines is 1. The lowest BCUT2D eigenvalue weighted by molar-refractivity contribution is 0.811. The van der Waals surface area contributed by atoms with Crippen molar-refractivity contribution in [3.8, 4) is 0 Å². The fourth-order valence-electron chi connectivity index (χ4n) is 1.18. The van der Waals surface area contributed by atoms with Crippen LogP contribution in [0.15, 0.2) is 0 Å². The third-order valence-corrected chi connectivity index (χ3v) is 1.77. The Balaban J connectivity index is 3.05. The minimum atomic E-state index is 0.474. The van der Waals surface area contributed by atoms with Gasteiger partial charge in [-0.05, 0) is 12.8 Å². The van der Waals surface area contributed by atoms with Crippen molar-refractivity contribution in [2.45, 2.75) is 26.7 Å². The third kappa shape index (κ3) is 1.37. The first-order valence-corrected chi connectivity index (χ1v) is 3.89. The Morgan fingerprint density at radius 1 is 1.45 bits per heavy atom. The van der Waals surface area contributed by atoms with Gasteiger partial charge in [0.1, 0.15) is 0 Å². The number of aromatic amines is 1. The van der Waals surface area contributed by atoms with Crippen LogP contribution in [0.3, 0.4) is 0 Å². The zero-order valence-corrected chi connectivity index (χ0v) is 7.52.